The lowest BCUT2D eigenvalue weighted by Gasteiger charge is -2.39. The van der Waals surface area contributed by atoms with E-state index >= 15 is 0 Å². The molecule has 0 saturated heterocycles. The van der Waals surface area contributed by atoms with Gasteiger partial charge in [-0.3, -0.25) is 8.42 Å². The summed E-state index contributed by atoms with van der Waals surface area (Å²) in [6, 6.07) is 15.4. The summed E-state index contributed by atoms with van der Waals surface area (Å²) in [5.41, 5.74) is 4.21. The Balaban J connectivity index is 0.00000323. The van der Waals surface area contributed by atoms with Crippen molar-refractivity contribution in [1.29, 1.82) is 0 Å². The lowest BCUT2D eigenvalue weighted by atomic mass is 9.99. The molecule has 2 aliphatic heterocycles. The highest BCUT2D eigenvalue weighted by atomic mass is 35.5. The van der Waals surface area contributed by atoms with Crippen LogP contribution >= 0.6 is 0 Å². The van der Waals surface area contributed by atoms with Gasteiger partial charge in [0.25, 0.3) is 0 Å². The van der Waals surface area contributed by atoms with Gasteiger partial charge in [0.1, 0.15) is 39.3 Å². The second-order valence-corrected chi connectivity index (χ2v) is 14.7. The zero-order chi connectivity index (χ0) is 29.7. The molecule has 4 unspecified atom stereocenters. The molecule has 0 saturated carbocycles. The normalized spacial score (nSPS) is 23.6. The molecule has 2 aliphatic rings. The van der Waals surface area contributed by atoms with Gasteiger partial charge in [0, 0.05) is 56.7 Å². The molecule has 0 N–H and O–H groups in total. The fourth-order valence-electron chi connectivity index (χ4n) is 5.69. The molecule has 0 spiro atoms. The van der Waals surface area contributed by atoms with Crippen molar-refractivity contribution in [3.63, 3.8) is 0 Å². The summed E-state index contributed by atoms with van der Waals surface area (Å²) in [6.07, 6.45) is 10.2. The second kappa shape index (κ2) is 16.2. The number of benzene rings is 2. The summed E-state index contributed by atoms with van der Waals surface area (Å²) < 4.78 is 62.6. The monoisotopic (exact) mass is 692 g/mol. The molecule has 4 atom stereocenters. The van der Waals surface area contributed by atoms with Crippen molar-refractivity contribution >= 4 is 43.1 Å². The van der Waals surface area contributed by atoms with Crippen LogP contribution in [0.4, 0.5) is 0 Å². The number of rotatable bonds is 12. The van der Waals surface area contributed by atoms with Crippen LogP contribution in [-0.4, -0.2) is 77.9 Å². The Kier molecular flexibility index (Phi) is 14.3. The first-order valence-corrected chi connectivity index (χ1v) is 18.6. The quantitative estimate of drug-likeness (QED) is 0.266. The third-order valence-electron chi connectivity index (χ3n) is 7.75. The number of nitrogens with zero attached hydrogens (tertiary/aromatic N) is 2. The van der Waals surface area contributed by atoms with E-state index in [1.165, 1.54) is 0 Å². The number of quaternary nitrogens is 2. The lowest BCUT2D eigenvalue weighted by molar-refractivity contribution is -1.10. The van der Waals surface area contributed by atoms with Crippen LogP contribution in [0.15, 0.2) is 70.5 Å². The van der Waals surface area contributed by atoms with E-state index in [2.05, 4.69) is 0 Å². The Morgan fingerprint density at radius 3 is 1.42 bits per heavy atom. The molecule has 0 amide bonds. The third-order valence-corrected chi connectivity index (χ3v) is 10.6. The Bertz CT molecular complexity index is 1380. The van der Waals surface area contributed by atoms with Crippen molar-refractivity contribution in [2.24, 2.45) is 0 Å². The summed E-state index contributed by atoms with van der Waals surface area (Å²) in [6.45, 7) is 6.90. The predicted molar refractivity (Wildman–Crippen MR) is 164 cm³/mol. The van der Waals surface area contributed by atoms with Gasteiger partial charge in [-0.05, 0) is 80.1 Å². The van der Waals surface area contributed by atoms with Gasteiger partial charge in [0.2, 0.25) is 0 Å². The van der Waals surface area contributed by atoms with Gasteiger partial charge in [-0.25, -0.2) is 0 Å². The third kappa shape index (κ3) is 9.79. The van der Waals surface area contributed by atoms with Gasteiger partial charge in [0.15, 0.2) is 0 Å². The van der Waals surface area contributed by atoms with Crippen LogP contribution in [0, 0.1) is 0 Å². The van der Waals surface area contributed by atoms with Crippen LogP contribution in [0.2, 0.25) is 0 Å². The maximum Gasteiger partial charge on any atom is 0.490 e. The lowest BCUT2D eigenvalue weighted by Crippen LogP contribution is -3.00. The van der Waals surface area contributed by atoms with E-state index in [0.29, 0.717) is 52.1 Å². The van der Waals surface area contributed by atoms with Crippen molar-refractivity contribution in [3.8, 4) is 0 Å². The van der Waals surface area contributed by atoms with Crippen LogP contribution in [0.3, 0.4) is 0 Å². The molecule has 2 aromatic rings. The van der Waals surface area contributed by atoms with E-state index in [-0.39, 0.29) is 34.1 Å². The smallest absolute Gasteiger partial charge is 0.490 e. The summed E-state index contributed by atoms with van der Waals surface area (Å²) in [5.74, 6) is 0. The highest BCUT2D eigenvalue weighted by Crippen LogP contribution is 2.32. The number of hydrogen-bond acceptors (Lipinski definition) is 6. The summed E-state index contributed by atoms with van der Waals surface area (Å²) in [7, 11) is -6.48. The number of hydrogen-bond donors (Lipinski definition) is 0. The molecule has 2 heterocycles. The number of hydroxylamine groups is 6. The first-order chi connectivity index (χ1) is 19.5. The molecule has 0 radical (unpaired) electrons. The molecule has 0 fully saturated rings. The molecule has 0 bridgehead atoms. The summed E-state index contributed by atoms with van der Waals surface area (Å²) >= 11 is 0. The second-order valence-electron chi connectivity index (χ2n) is 10.9. The van der Waals surface area contributed by atoms with E-state index in [1.54, 1.807) is 12.5 Å². The van der Waals surface area contributed by atoms with E-state index in [0.717, 1.165) is 44.9 Å². The molecule has 4 rings (SSSR count). The summed E-state index contributed by atoms with van der Waals surface area (Å²) in [4.78, 5) is 1.54. The minimum absolute atomic E-state index is 0. The molecular formula is C30H42Cl2N2O6S3. The van der Waals surface area contributed by atoms with Crippen LogP contribution in [-0.2, 0) is 40.6 Å². The topological polar surface area (TPSA) is 86.7 Å². The Hall–Kier alpha value is -1.41. The van der Waals surface area contributed by atoms with E-state index in [1.807, 2.05) is 74.5 Å². The molecule has 13 heteroatoms. The molecule has 2 aromatic carbocycles. The van der Waals surface area contributed by atoms with E-state index in [4.69, 9.17) is 8.57 Å². The predicted octanol–water partition coefficient (Wildman–Crippen LogP) is -0.995. The molecule has 0 aliphatic carbocycles. The van der Waals surface area contributed by atoms with Crippen molar-refractivity contribution in [1.82, 2.24) is 0 Å². The zero-order valence-corrected chi connectivity index (χ0v) is 29.1. The fraction of sp³-hybridized carbons (Fsp3) is 0.467. The molecule has 0 aromatic heterocycles. The average Bonchev–Trinajstić information content (AvgIpc) is 2.93. The standard InChI is InChI=1S/C30H42N2O6S3.2ClH/c1-5-17-31(19-13-25(14-20-31)27-9-7-11-29(23-27)39(3)33)37-41(35,36)38-32(18-6-2)21-15-26(16-22-32)28-10-8-12-30(24-28)40(4)34;;/h7-13,15,23-24H,5-6,14,16-22H2,1-4H3;2*1H/q+2;;/p-2. The van der Waals surface area contributed by atoms with Gasteiger partial charge in [0.05, 0.1) is 0 Å². The molecule has 240 valence electrons. The summed E-state index contributed by atoms with van der Waals surface area (Å²) in [5, 5.41) is 0. The van der Waals surface area contributed by atoms with Gasteiger partial charge in [-0.1, -0.05) is 38.1 Å². The van der Waals surface area contributed by atoms with Gasteiger partial charge < -0.3 is 24.8 Å². The first-order valence-electron chi connectivity index (χ1n) is 14.1. The Morgan fingerprint density at radius 1 is 0.721 bits per heavy atom. The minimum atomic E-state index is -4.34. The molecule has 43 heavy (non-hydrogen) atoms. The van der Waals surface area contributed by atoms with Crippen LogP contribution in [0.1, 0.15) is 50.7 Å². The fourth-order valence-corrected chi connectivity index (χ4v) is 8.04. The maximum absolute atomic E-state index is 13.5. The van der Waals surface area contributed by atoms with Crippen molar-refractivity contribution in [2.75, 3.05) is 51.8 Å². The SMILES string of the molecule is CCC[N+]1(OS(=O)(=O)O[N+]2(CCC)CC=C(c3cccc(S(C)=O)c3)CC2)CC=C(c2cccc(S(C)=O)c2)CC1.[Cl-].[Cl-]. The highest BCUT2D eigenvalue weighted by molar-refractivity contribution is 7.84. The van der Waals surface area contributed by atoms with E-state index in [9.17, 15) is 16.8 Å². The van der Waals surface area contributed by atoms with Crippen LogP contribution in [0.25, 0.3) is 11.1 Å². The molecule has 8 nitrogen and oxygen atoms in total. The largest absolute Gasteiger partial charge is 1.00 e. The van der Waals surface area contributed by atoms with Gasteiger partial charge in [-0.15, -0.1) is 0 Å². The molecular weight excluding hydrogens is 651 g/mol. The minimum Gasteiger partial charge on any atom is -1.00 e. The van der Waals surface area contributed by atoms with Crippen LogP contribution in [0.5, 0.6) is 0 Å². The Morgan fingerprint density at radius 2 is 1.12 bits per heavy atom. The number of halogens is 2. The van der Waals surface area contributed by atoms with Crippen molar-refractivity contribution in [3.05, 3.63) is 71.8 Å². The van der Waals surface area contributed by atoms with E-state index < -0.39 is 32.0 Å². The highest BCUT2D eigenvalue weighted by Gasteiger charge is 2.44. The van der Waals surface area contributed by atoms with Crippen LogP contribution < -0.4 is 24.8 Å². The van der Waals surface area contributed by atoms with Gasteiger partial charge in [-0.2, -0.15) is 17.7 Å². The first kappa shape index (κ1) is 37.8. The Labute approximate surface area is 274 Å². The average molecular weight is 694 g/mol. The van der Waals surface area contributed by atoms with Gasteiger partial charge >= 0.3 is 10.4 Å². The van der Waals surface area contributed by atoms with Crippen molar-refractivity contribution < 1.29 is 59.5 Å². The maximum atomic E-state index is 13.5. The zero-order valence-electron chi connectivity index (χ0n) is 25.2. The van der Waals surface area contributed by atoms with Crippen molar-refractivity contribution in [2.45, 2.75) is 49.3 Å².